The van der Waals surface area contributed by atoms with E-state index in [9.17, 15) is 13.2 Å². The van der Waals surface area contributed by atoms with Crippen LogP contribution >= 0.6 is 0 Å². The molecule has 0 aliphatic carbocycles. The van der Waals surface area contributed by atoms with Crippen LogP contribution in [0.25, 0.3) is 0 Å². The molecule has 0 radical (unpaired) electrons. The second kappa shape index (κ2) is 6.90. The lowest BCUT2D eigenvalue weighted by molar-refractivity contribution is -0.137. The molecule has 1 aromatic heterocycles. The SMILES string of the molecule is Cc1noc(CN2CCN(Cc3cccc(C(F)(F)F)c3)CC2)n1. The molecule has 24 heavy (non-hydrogen) atoms. The Bertz CT molecular complexity index is 678. The summed E-state index contributed by atoms with van der Waals surface area (Å²) >= 11 is 0. The number of hydrogen-bond donors (Lipinski definition) is 0. The molecule has 0 saturated carbocycles. The monoisotopic (exact) mass is 340 g/mol. The second-order valence-corrected chi connectivity index (χ2v) is 5.99. The Morgan fingerprint density at radius 3 is 2.33 bits per heavy atom. The van der Waals surface area contributed by atoms with Crippen molar-refractivity contribution in [2.75, 3.05) is 26.2 Å². The number of halogens is 3. The van der Waals surface area contributed by atoms with Gasteiger partial charge in [-0.3, -0.25) is 9.80 Å². The van der Waals surface area contributed by atoms with E-state index in [0.29, 0.717) is 30.4 Å². The summed E-state index contributed by atoms with van der Waals surface area (Å²) in [7, 11) is 0. The van der Waals surface area contributed by atoms with Gasteiger partial charge in [-0.25, -0.2) is 0 Å². The molecule has 1 saturated heterocycles. The standard InChI is InChI=1S/C16H19F3N4O/c1-12-20-15(24-21-12)11-23-7-5-22(6-8-23)10-13-3-2-4-14(9-13)16(17,18)19/h2-4,9H,5-8,10-11H2,1H3. The number of aromatic nitrogens is 2. The van der Waals surface area contributed by atoms with Gasteiger partial charge in [-0.05, 0) is 18.6 Å². The minimum absolute atomic E-state index is 0.525. The van der Waals surface area contributed by atoms with Crippen molar-refractivity contribution in [1.29, 1.82) is 0 Å². The van der Waals surface area contributed by atoms with Gasteiger partial charge in [0.1, 0.15) is 0 Å². The summed E-state index contributed by atoms with van der Waals surface area (Å²) in [5.41, 5.74) is 0.0937. The number of benzene rings is 1. The van der Waals surface area contributed by atoms with E-state index in [-0.39, 0.29) is 0 Å². The van der Waals surface area contributed by atoms with Crippen molar-refractivity contribution in [3.05, 3.63) is 47.1 Å². The lowest BCUT2D eigenvalue weighted by Gasteiger charge is -2.34. The van der Waals surface area contributed by atoms with Gasteiger partial charge in [-0.2, -0.15) is 18.2 Å². The van der Waals surface area contributed by atoms with Crippen molar-refractivity contribution in [2.45, 2.75) is 26.2 Å². The molecule has 130 valence electrons. The summed E-state index contributed by atoms with van der Waals surface area (Å²) in [6.45, 7) is 6.14. The Balaban J connectivity index is 1.52. The van der Waals surface area contributed by atoms with Crippen molar-refractivity contribution < 1.29 is 17.7 Å². The van der Waals surface area contributed by atoms with Gasteiger partial charge in [0.15, 0.2) is 5.82 Å². The Labute approximate surface area is 138 Å². The van der Waals surface area contributed by atoms with Crippen LogP contribution in [0.2, 0.25) is 0 Å². The van der Waals surface area contributed by atoms with Gasteiger partial charge in [0, 0.05) is 32.7 Å². The highest BCUT2D eigenvalue weighted by Gasteiger charge is 2.30. The topological polar surface area (TPSA) is 45.4 Å². The van der Waals surface area contributed by atoms with E-state index in [0.717, 1.165) is 32.2 Å². The molecule has 1 fully saturated rings. The molecular formula is C16H19F3N4O. The fraction of sp³-hybridized carbons (Fsp3) is 0.500. The molecular weight excluding hydrogens is 321 g/mol. The van der Waals surface area contributed by atoms with Crippen LogP contribution in [0.5, 0.6) is 0 Å². The average Bonchev–Trinajstić information content (AvgIpc) is 2.94. The van der Waals surface area contributed by atoms with Crippen LogP contribution in [0.15, 0.2) is 28.8 Å². The summed E-state index contributed by atoms with van der Waals surface area (Å²) in [5.74, 6) is 1.21. The molecule has 0 atom stereocenters. The lowest BCUT2D eigenvalue weighted by Crippen LogP contribution is -2.45. The summed E-state index contributed by atoms with van der Waals surface area (Å²) < 4.78 is 43.4. The molecule has 2 aromatic rings. The summed E-state index contributed by atoms with van der Waals surface area (Å²) in [5, 5.41) is 3.77. The van der Waals surface area contributed by atoms with E-state index in [1.165, 1.54) is 12.1 Å². The largest absolute Gasteiger partial charge is 0.416 e. The first kappa shape index (κ1) is 16.9. The molecule has 0 N–H and O–H groups in total. The molecule has 0 unspecified atom stereocenters. The van der Waals surface area contributed by atoms with Crippen molar-refractivity contribution in [2.24, 2.45) is 0 Å². The van der Waals surface area contributed by atoms with Crippen LogP contribution in [0, 0.1) is 6.92 Å². The van der Waals surface area contributed by atoms with Crippen molar-refractivity contribution >= 4 is 0 Å². The highest BCUT2D eigenvalue weighted by Crippen LogP contribution is 2.29. The molecule has 5 nitrogen and oxygen atoms in total. The van der Waals surface area contributed by atoms with E-state index in [1.54, 1.807) is 13.0 Å². The number of rotatable bonds is 4. The third kappa shape index (κ3) is 4.33. The van der Waals surface area contributed by atoms with E-state index < -0.39 is 11.7 Å². The maximum absolute atomic E-state index is 12.8. The van der Waals surface area contributed by atoms with Gasteiger partial charge in [-0.15, -0.1) is 0 Å². The van der Waals surface area contributed by atoms with Gasteiger partial charge < -0.3 is 4.52 Å². The van der Waals surface area contributed by atoms with E-state index in [2.05, 4.69) is 19.9 Å². The molecule has 0 amide bonds. The zero-order chi connectivity index (χ0) is 17.2. The molecule has 1 aliphatic rings. The fourth-order valence-corrected chi connectivity index (χ4v) is 2.81. The average molecular weight is 340 g/mol. The number of aryl methyl sites for hydroxylation is 1. The first-order chi connectivity index (χ1) is 11.4. The van der Waals surface area contributed by atoms with E-state index in [4.69, 9.17) is 4.52 Å². The van der Waals surface area contributed by atoms with E-state index >= 15 is 0 Å². The van der Waals surface area contributed by atoms with Crippen LogP contribution in [-0.2, 0) is 19.3 Å². The van der Waals surface area contributed by atoms with Crippen LogP contribution in [0.1, 0.15) is 22.8 Å². The normalized spacial score (nSPS) is 17.3. The van der Waals surface area contributed by atoms with Crippen molar-refractivity contribution in [3.8, 4) is 0 Å². The highest BCUT2D eigenvalue weighted by atomic mass is 19.4. The number of hydrogen-bond acceptors (Lipinski definition) is 5. The number of piperazine rings is 1. The number of nitrogens with zero attached hydrogens (tertiary/aromatic N) is 4. The first-order valence-corrected chi connectivity index (χ1v) is 7.80. The van der Waals surface area contributed by atoms with Gasteiger partial charge in [0.25, 0.3) is 0 Å². The summed E-state index contributed by atoms with van der Waals surface area (Å²) in [6, 6.07) is 5.54. The van der Waals surface area contributed by atoms with Crippen LogP contribution < -0.4 is 0 Å². The third-order valence-electron chi connectivity index (χ3n) is 4.05. The maximum atomic E-state index is 12.8. The van der Waals surface area contributed by atoms with Crippen molar-refractivity contribution in [1.82, 2.24) is 19.9 Å². The Kier molecular flexibility index (Phi) is 4.86. The fourth-order valence-electron chi connectivity index (χ4n) is 2.81. The zero-order valence-electron chi connectivity index (χ0n) is 13.4. The quantitative estimate of drug-likeness (QED) is 0.856. The van der Waals surface area contributed by atoms with Crippen LogP contribution in [0.4, 0.5) is 13.2 Å². The third-order valence-corrected chi connectivity index (χ3v) is 4.05. The molecule has 8 heteroatoms. The predicted molar refractivity (Wildman–Crippen MR) is 81.0 cm³/mol. The van der Waals surface area contributed by atoms with Crippen molar-refractivity contribution in [3.63, 3.8) is 0 Å². The van der Waals surface area contributed by atoms with Crippen LogP contribution in [-0.4, -0.2) is 46.1 Å². The molecule has 1 aliphatic heterocycles. The molecule has 0 spiro atoms. The Morgan fingerprint density at radius 2 is 1.75 bits per heavy atom. The Morgan fingerprint density at radius 1 is 1.08 bits per heavy atom. The van der Waals surface area contributed by atoms with Gasteiger partial charge in [-0.1, -0.05) is 23.4 Å². The minimum atomic E-state index is -4.29. The minimum Gasteiger partial charge on any atom is -0.338 e. The van der Waals surface area contributed by atoms with Crippen LogP contribution in [0.3, 0.4) is 0 Å². The van der Waals surface area contributed by atoms with Gasteiger partial charge in [0.2, 0.25) is 5.89 Å². The smallest absolute Gasteiger partial charge is 0.338 e. The highest BCUT2D eigenvalue weighted by molar-refractivity contribution is 5.25. The second-order valence-electron chi connectivity index (χ2n) is 5.99. The summed E-state index contributed by atoms with van der Waals surface area (Å²) in [6.07, 6.45) is -4.29. The maximum Gasteiger partial charge on any atom is 0.416 e. The first-order valence-electron chi connectivity index (χ1n) is 7.80. The number of alkyl halides is 3. The van der Waals surface area contributed by atoms with E-state index in [1.807, 2.05) is 0 Å². The molecule has 1 aromatic carbocycles. The predicted octanol–water partition coefficient (Wildman–Crippen LogP) is 2.71. The Hall–Kier alpha value is -1.93. The van der Waals surface area contributed by atoms with Gasteiger partial charge >= 0.3 is 6.18 Å². The molecule has 2 heterocycles. The summed E-state index contributed by atoms with van der Waals surface area (Å²) in [4.78, 5) is 8.55. The molecule has 3 rings (SSSR count). The van der Waals surface area contributed by atoms with Gasteiger partial charge in [0.05, 0.1) is 12.1 Å². The zero-order valence-corrected chi connectivity index (χ0v) is 13.4. The lowest BCUT2D eigenvalue weighted by atomic mass is 10.1. The molecule has 0 bridgehead atoms.